The van der Waals surface area contributed by atoms with Crippen LogP contribution < -0.4 is 5.73 Å². The lowest BCUT2D eigenvalue weighted by atomic mass is 9.69. The Morgan fingerprint density at radius 2 is 1.71 bits per heavy atom. The second-order valence-electron chi connectivity index (χ2n) is 6.09. The molecule has 2 aromatic rings. The van der Waals surface area contributed by atoms with Gasteiger partial charge in [0, 0.05) is 17.7 Å². The van der Waals surface area contributed by atoms with Crippen LogP contribution in [0, 0.1) is 0 Å². The maximum atomic E-state index is 12.8. The Balaban J connectivity index is 2.11. The van der Waals surface area contributed by atoms with Crippen molar-refractivity contribution in [2.45, 2.75) is 25.7 Å². The predicted octanol–water partition coefficient (Wildman–Crippen LogP) is 3.76. The summed E-state index contributed by atoms with van der Waals surface area (Å²) in [5.74, 6) is 0.185. The van der Waals surface area contributed by atoms with E-state index < -0.39 is 5.41 Å². The Bertz CT molecular complexity index is 741. The third-order valence-electron chi connectivity index (χ3n) is 4.26. The minimum atomic E-state index is -0.482. The summed E-state index contributed by atoms with van der Waals surface area (Å²) in [5, 5.41) is 0. The van der Waals surface area contributed by atoms with E-state index in [1.165, 1.54) is 5.56 Å². The van der Waals surface area contributed by atoms with Crippen LogP contribution in [0.15, 0.2) is 54.1 Å². The smallest absolute Gasteiger partial charge is 0.169 e. The quantitative estimate of drug-likeness (QED) is 0.637. The predicted molar refractivity (Wildman–Crippen MR) is 87.0 cm³/mol. The average molecular weight is 277 g/mol. The zero-order valence-corrected chi connectivity index (χ0v) is 12.4. The molecule has 0 radical (unpaired) electrons. The standard InChI is InChI=1S/C19H19NO/c1-19(2)16-9-5-3-7-13(16)11-15(18(19)21)12-14-8-4-6-10-17(14)20/h3-10,12H,11,20H2,1-2H3/b15-12-. The number of para-hydroxylation sites is 1. The van der Waals surface area contributed by atoms with Crippen molar-refractivity contribution in [3.05, 3.63) is 70.8 Å². The van der Waals surface area contributed by atoms with E-state index in [2.05, 4.69) is 12.1 Å². The summed E-state index contributed by atoms with van der Waals surface area (Å²) < 4.78 is 0. The number of Topliss-reactive ketones (excluding diaryl/α,β-unsaturated/α-hetero) is 1. The van der Waals surface area contributed by atoms with E-state index in [0.717, 1.165) is 16.7 Å². The maximum absolute atomic E-state index is 12.8. The number of benzene rings is 2. The molecular formula is C19H19NO. The van der Waals surface area contributed by atoms with E-state index in [9.17, 15) is 4.79 Å². The lowest BCUT2D eigenvalue weighted by Crippen LogP contribution is -2.36. The van der Waals surface area contributed by atoms with Crippen molar-refractivity contribution in [3.8, 4) is 0 Å². The fourth-order valence-electron chi connectivity index (χ4n) is 3.04. The second kappa shape index (κ2) is 4.88. The molecule has 2 N–H and O–H groups in total. The average Bonchev–Trinajstić information content (AvgIpc) is 2.47. The molecule has 0 amide bonds. The first kappa shape index (κ1) is 13.6. The molecule has 0 unspecified atom stereocenters. The Labute approximate surface area is 125 Å². The van der Waals surface area contributed by atoms with E-state index >= 15 is 0 Å². The van der Waals surface area contributed by atoms with Gasteiger partial charge < -0.3 is 5.73 Å². The molecule has 1 aliphatic rings. The highest BCUT2D eigenvalue weighted by Crippen LogP contribution is 2.37. The molecule has 106 valence electrons. The number of carbonyl (C=O) groups excluding carboxylic acids is 1. The van der Waals surface area contributed by atoms with Gasteiger partial charge in [-0.05, 0) is 42.7 Å². The van der Waals surface area contributed by atoms with Gasteiger partial charge >= 0.3 is 0 Å². The second-order valence-corrected chi connectivity index (χ2v) is 6.09. The number of hydrogen-bond donors (Lipinski definition) is 1. The number of fused-ring (bicyclic) bond motifs is 1. The van der Waals surface area contributed by atoms with Crippen molar-refractivity contribution in [2.24, 2.45) is 0 Å². The zero-order valence-electron chi connectivity index (χ0n) is 12.4. The summed E-state index contributed by atoms with van der Waals surface area (Å²) in [7, 11) is 0. The van der Waals surface area contributed by atoms with E-state index in [0.29, 0.717) is 12.1 Å². The van der Waals surface area contributed by atoms with E-state index in [-0.39, 0.29) is 5.78 Å². The lowest BCUT2D eigenvalue weighted by Gasteiger charge is -2.32. The highest BCUT2D eigenvalue weighted by atomic mass is 16.1. The first-order valence-corrected chi connectivity index (χ1v) is 7.18. The topological polar surface area (TPSA) is 43.1 Å². The van der Waals surface area contributed by atoms with E-state index in [1.807, 2.05) is 56.3 Å². The van der Waals surface area contributed by atoms with Crippen LogP contribution in [0.3, 0.4) is 0 Å². The molecule has 0 saturated carbocycles. The molecule has 1 aliphatic carbocycles. The van der Waals surface area contributed by atoms with Gasteiger partial charge in [-0.15, -0.1) is 0 Å². The molecule has 0 spiro atoms. The molecule has 0 bridgehead atoms. The summed E-state index contributed by atoms with van der Waals surface area (Å²) >= 11 is 0. The van der Waals surface area contributed by atoms with E-state index in [1.54, 1.807) is 0 Å². The molecule has 0 aromatic heterocycles. The number of ketones is 1. The fraction of sp³-hybridized carbons (Fsp3) is 0.211. The molecule has 2 heteroatoms. The minimum absolute atomic E-state index is 0.185. The van der Waals surface area contributed by atoms with Crippen LogP contribution >= 0.6 is 0 Å². The molecule has 0 saturated heterocycles. The summed E-state index contributed by atoms with van der Waals surface area (Å²) in [6, 6.07) is 15.8. The molecule has 0 heterocycles. The van der Waals surface area contributed by atoms with Crippen LogP contribution in [-0.4, -0.2) is 5.78 Å². The normalized spacial score (nSPS) is 18.6. The molecular weight excluding hydrogens is 258 g/mol. The highest BCUT2D eigenvalue weighted by molar-refractivity contribution is 6.08. The van der Waals surface area contributed by atoms with Gasteiger partial charge in [0.2, 0.25) is 0 Å². The number of anilines is 1. The van der Waals surface area contributed by atoms with Gasteiger partial charge in [-0.3, -0.25) is 4.79 Å². The Hall–Kier alpha value is -2.35. The minimum Gasteiger partial charge on any atom is -0.398 e. The molecule has 21 heavy (non-hydrogen) atoms. The summed E-state index contributed by atoms with van der Waals surface area (Å²) in [5.41, 5.74) is 10.3. The molecule has 3 rings (SSSR count). The van der Waals surface area contributed by atoms with Crippen LogP contribution in [0.1, 0.15) is 30.5 Å². The van der Waals surface area contributed by atoms with Gasteiger partial charge in [0.05, 0.1) is 5.41 Å². The van der Waals surface area contributed by atoms with Crippen LogP contribution in [0.25, 0.3) is 6.08 Å². The Morgan fingerprint density at radius 3 is 2.48 bits per heavy atom. The lowest BCUT2D eigenvalue weighted by molar-refractivity contribution is -0.120. The number of allylic oxidation sites excluding steroid dienone is 1. The first-order valence-electron chi connectivity index (χ1n) is 7.18. The van der Waals surface area contributed by atoms with E-state index in [4.69, 9.17) is 5.73 Å². The van der Waals surface area contributed by atoms with Crippen molar-refractivity contribution in [1.29, 1.82) is 0 Å². The fourth-order valence-corrected chi connectivity index (χ4v) is 3.04. The van der Waals surface area contributed by atoms with Crippen molar-refractivity contribution in [3.63, 3.8) is 0 Å². The van der Waals surface area contributed by atoms with Gasteiger partial charge in [0.15, 0.2) is 5.78 Å². The molecule has 2 aromatic carbocycles. The molecule has 0 fully saturated rings. The number of carbonyl (C=O) groups is 1. The van der Waals surface area contributed by atoms with Crippen LogP contribution in [0.2, 0.25) is 0 Å². The first-order chi connectivity index (χ1) is 10.00. The number of nitrogens with two attached hydrogens (primary N) is 1. The monoisotopic (exact) mass is 277 g/mol. The van der Waals surface area contributed by atoms with Gasteiger partial charge in [-0.25, -0.2) is 0 Å². The van der Waals surface area contributed by atoms with Crippen molar-refractivity contribution in [2.75, 3.05) is 5.73 Å². The van der Waals surface area contributed by atoms with Crippen molar-refractivity contribution >= 4 is 17.5 Å². The largest absolute Gasteiger partial charge is 0.398 e. The van der Waals surface area contributed by atoms with Gasteiger partial charge in [0.1, 0.15) is 0 Å². The zero-order chi connectivity index (χ0) is 15.0. The van der Waals surface area contributed by atoms with Gasteiger partial charge in [0.25, 0.3) is 0 Å². The SMILES string of the molecule is CC1(C)C(=O)/C(=C\c2ccccc2N)Cc2ccccc21. The highest BCUT2D eigenvalue weighted by Gasteiger charge is 2.37. The molecule has 0 aliphatic heterocycles. The van der Waals surface area contributed by atoms with Gasteiger partial charge in [-0.1, -0.05) is 42.5 Å². The Kier molecular flexibility index (Phi) is 3.17. The van der Waals surface area contributed by atoms with Crippen molar-refractivity contribution in [1.82, 2.24) is 0 Å². The number of hydrogen-bond acceptors (Lipinski definition) is 2. The number of nitrogen functional groups attached to an aromatic ring is 1. The summed E-state index contributed by atoms with van der Waals surface area (Å²) in [6.07, 6.45) is 2.61. The molecule has 0 atom stereocenters. The third kappa shape index (κ3) is 2.27. The van der Waals surface area contributed by atoms with Crippen LogP contribution in [-0.2, 0) is 16.6 Å². The summed E-state index contributed by atoms with van der Waals surface area (Å²) in [6.45, 7) is 3.99. The summed E-state index contributed by atoms with van der Waals surface area (Å²) in [4.78, 5) is 12.8. The molecule has 2 nitrogen and oxygen atoms in total. The van der Waals surface area contributed by atoms with Crippen molar-refractivity contribution < 1.29 is 4.79 Å². The van der Waals surface area contributed by atoms with Gasteiger partial charge in [-0.2, -0.15) is 0 Å². The Morgan fingerprint density at radius 1 is 1.05 bits per heavy atom. The maximum Gasteiger partial charge on any atom is 0.169 e. The van der Waals surface area contributed by atoms with Crippen LogP contribution in [0.5, 0.6) is 0 Å². The van der Waals surface area contributed by atoms with Crippen LogP contribution in [0.4, 0.5) is 5.69 Å². The number of rotatable bonds is 1. The third-order valence-corrected chi connectivity index (χ3v) is 4.26.